The number of aromatic nitrogens is 2. The number of nitrogens with one attached hydrogen (secondary N) is 1. The van der Waals surface area contributed by atoms with E-state index < -0.39 is 0 Å². The summed E-state index contributed by atoms with van der Waals surface area (Å²) in [7, 11) is 1.95. The van der Waals surface area contributed by atoms with E-state index in [-0.39, 0.29) is 5.54 Å². The number of hydrogen-bond acceptors (Lipinski definition) is 5. The maximum absolute atomic E-state index is 4.60. The lowest BCUT2D eigenvalue weighted by Gasteiger charge is -2.21. The Labute approximate surface area is 97.2 Å². The molecular formula is C10H13N3S2. The van der Waals surface area contributed by atoms with E-state index >= 15 is 0 Å². The minimum Gasteiger partial charge on any atom is -0.310 e. The van der Waals surface area contributed by atoms with Gasteiger partial charge in [0.25, 0.3) is 0 Å². The number of nitrogens with zero attached hydrogens (tertiary/aromatic N) is 2. The monoisotopic (exact) mass is 239 g/mol. The normalized spacial score (nSPS) is 11.9. The molecule has 0 aliphatic heterocycles. The maximum Gasteiger partial charge on any atom is 0.143 e. The molecule has 0 aromatic carbocycles. The van der Waals surface area contributed by atoms with Gasteiger partial charge in [0.1, 0.15) is 10.7 Å². The predicted molar refractivity (Wildman–Crippen MR) is 65.3 cm³/mol. The van der Waals surface area contributed by atoms with Crippen molar-refractivity contribution in [2.45, 2.75) is 19.4 Å². The zero-order valence-corrected chi connectivity index (χ0v) is 10.6. The molecule has 1 N–H and O–H groups in total. The van der Waals surface area contributed by atoms with Crippen LogP contribution in [0.15, 0.2) is 16.3 Å². The lowest BCUT2D eigenvalue weighted by Crippen LogP contribution is -2.33. The van der Waals surface area contributed by atoms with Gasteiger partial charge in [-0.2, -0.15) is 0 Å². The first-order valence-electron chi connectivity index (χ1n) is 4.67. The van der Waals surface area contributed by atoms with Crippen molar-refractivity contribution in [1.82, 2.24) is 15.3 Å². The first-order chi connectivity index (χ1) is 7.13. The first-order valence-corrected chi connectivity index (χ1v) is 6.49. The van der Waals surface area contributed by atoms with Crippen LogP contribution in [-0.4, -0.2) is 17.0 Å². The summed E-state index contributed by atoms with van der Waals surface area (Å²) in [5.41, 5.74) is 3.80. The Morgan fingerprint density at radius 2 is 2.13 bits per heavy atom. The highest BCUT2D eigenvalue weighted by Crippen LogP contribution is 2.28. The van der Waals surface area contributed by atoms with Gasteiger partial charge in [0.15, 0.2) is 0 Å². The summed E-state index contributed by atoms with van der Waals surface area (Å²) in [4.78, 5) is 8.85. The van der Waals surface area contributed by atoms with Gasteiger partial charge >= 0.3 is 0 Å². The molecule has 3 nitrogen and oxygen atoms in total. The van der Waals surface area contributed by atoms with Gasteiger partial charge in [-0.1, -0.05) is 0 Å². The fourth-order valence-corrected chi connectivity index (χ4v) is 2.69. The fourth-order valence-electron chi connectivity index (χ4n) is 1.12. The molecule has 2 aromatic rings. The largest absolute Gasteiger partial charge is 0.310 e. The molecule has 0 unspecified atom stereocenters. The maximum atomic E-state index is 4.60. The molecule has 0 fully saturated rings. The van der Waals surface area contributed by atoms with Gasteiger partial charge in [-0.15, -0.1) is 22.7 Å². The van der Waals surface area contributed by atoms with Crippen molar-refractivity contribution in [3.05, 3.63) is 22.0 Å². The van der Waals surface area contributed by atoms with Gasteiger partial charge < -0.3 is 5.32 Å². The van der Waals surface area contributed by atoms with E-state index in [0.29, 0.717) is 0 Å². The van der Waals surface area contributed by atoms with E-state index in [2.05, 4.69) is 34.5 Å². The second-order valence-corrected chi connectivity index (χ2v) is 5.36. The van der Waals surface area contributed by atoms with Crippen LogP contribution in [0.4, 0.5) is 0 Å². The lowest BCUT2D eigenvalue weighted by atomic mass is 10.0. The third-order valence-corrected chi connectivity index (χ3v) is 3.87. The van der Waals surface area contributed by atoms with Crippen LogP contribution in [0, 0.1) is 0 Å². The SMILES string of the molecule is CNC(C)(C)c1csc(-c2cscn2)n1. The van der Waals surface area contributed by atoms with Gasteiger partial charge in [0.05, 0.1) is 16.7 Å². The van der Waals surface area contributed by atoms with E-state index in [1.54, 1.807) is 22.7 Å². The molecule has 0 spiro atoms. The standard InChI is InChI=1S/C10H13N3S2/c1-10(2,11-3)8-5-15-9(13-8)7-4-14-6-12-7/h4-6,11H,1-3H3. The van der Waals surface area contributed by atoms with Crippen molar-refractivity contribution in [3.63, 3.8) is 0 Å². The quantitative estimate of drug-likeness (QED) is 0.895. The van der Waals surface area contributed by atoms with Crippen LogP contribution in [0.25, 0.3) is 10.7 Å². The van der Waals surface area contributed by atoms with E-state index in [0.717, 1.165) is 16.4 Å². The summed E-state index contributed by atoms with van der Waals surface area (Å²) < 4.78 is 0. The van der Waals surface area contributed by atoms with Gasteiger partial charge in [0, 0.05) is 10.8 Å². The fraction of sp³-hybridized carbons (Fsp3) is 0.400. The minimum absolute atomic E-state index is 0.0786. The van der Waals surface area contributed by atoms with Gasteiger partial charge in [0.2, 0.25) is 0 Å². The molecular weight excluding hydrogens is 226 g/mol. The van der Waals surface area contributed by atoms with Crippen molar-refractivity contribution >= 4 is 22.7 Å². The number of hydrogen-bond donors (Lipinski definition) is 1. The third kappa shape index (κ3) is 2.09. The summed E-state index contributed by atoms with van der Waals surface area (Å²) in [6.07, 6.45) is 0. The smallest absolute Gasteiger partial charge is 0.143 e. The van der Waals surface area contributed by atoms with Crippen LogP contribution in [0.3, 0.4) is 0 Å². The summed E-state index contributed by atoms with van der Waals surface area (Å²) in [5.74, 6) is 0. The average Bonchev–Trinajstić information content (AvgIpc) is 2.88. The number of thiazole rings is 2. The van der Waals surface area contributed by atoms with Crippen LogP contribution in [0.2, 0.25) is 0 Å². The highest BCUT2D eigenvalue weighted by Gasteiger charge is 2.21. The Morgan fingerprint density at radius 3 is 2.73 bits per heavy atom. The average molecular weight is 239 g/mol. The third-order valence-electron chi connectivity index (χ3n) is 2.42. The summed E-state index contributed by atoms with van der Waals surface area (Å²) in [5, 5.41) is 8.35. The van der Waals surface area contributed by atoms with E-state index in [9.17, 15) is 0 Å². The van der Waals surface area contributed by atoms with Crippen LogP contribution < -0.4 is 5.32 Å². The number of rotatable bonds is 3. The lowest BCUT2D eigenvalue weighted by molar-refractivity contribution is 0.434. The van der Waals surface area contributed by atoms with Crippen molar-refractivity contribution in [3.8, 4) is 10.7 Å². The minimum atomic E-state index is -0.0786. The topological polar surface area (TPSA) is 37.8 Å². The highest BCUT2D eigenvalue weighted by molar-refractivity contribution is 7.13. The molecule has 0 saturated heterocycles. The molecule has 0 aliphatic carbocycles. The van der Waals surface area contributed by atoms with Crippen LogP contribution in [0.5, 0.6) is 0 Å². The molecule has 2 heterocycles. The Kier molecular flexibility index (Phi) is 2.86. The molecule has 0 saturated carbocycles. The van der Waals surface area contributed by atoms with Crippen molar-refractivity contribution in [1.29, 1.82) is 0 Å². The predicted octanol–water partition coefficient (Wildman–Crippen LogP) is 2.72. The molecule has 0 atom stereocenters. The molecule has 0 aliphatic rings. The van der Waals surface area contributed by atoms with E-state index in [1.807, 2.05) is 17.9 Å². The Balaban J connectivity index is 2.33. The Hall–Kier alpha value is -0.780. The van der Waals surface area contributed by atoms with E-state index in [4.69, 9.17) is 0 Å². The molecule has 0 amide bonds. The molecule has 15 heavy (non-hydrogen) atoms. The molecule has 2 aromatic heterocycles. The second kappa shape index (κ2) is 4.00. The van der Waals surface area contributed by atoms with Crippen LogP contribution in [-0.2, 0) is 5.54 Å². The second-order valence-electron chi connectivity index (χ2n) is 3.79. The van der Waals surface area contributed by atoms with Crippen molar-refractivity contribution in [2.24, 2.45) is 0 Å². The first kappa shape index (κ1) is 10.7. The van der Waals surface area contributed by atoms with Gasteiger partial charge in [-0.3, -0.25) is 0 Å². The van der Waals surface area contributed by atoms with E-state index in [1.165, 1.54) is 0 Å². The van der Waals surface area contributed by atoms with Gasteiger partial charge in [-0.25, -0.2) is 9.97 Å². The van der Waals surface area contributed by atoms with Crippen molar-refractivity contribution < 1.29 is 0 Å². The molecule has 5 heteroatoms. The zero-order chi connectivity index (χ0) is 10.9. The van der Waals surface area contributed by atoms with Crippen molar-refractivity contribution in [2.75, 3.05) is 7.05 Å². The molecule has 2 rings (SSSR count). The molecule has 0 bridgehead atoms. The molecule has 0 radical (unpaired) electrons. The van der Waals surface area contributed by atoms with Crippen LogP contribution >= 0.6 is 22.7 Å². The van der Waals surface area contributed by atoms with Gasteiger partial charge in [-0.05, 0) is 20.9 Å². The highest BCUT2D eigenvalue weighted by atomic mass is 32.1. The zero-order valence-electron chi connectivity index (χ0n) is 8.94. The molecule has 80 valence electrons. The Bertz CT molecular complexity index is 431. The van der Waals surface area contributed by atoms with Crippen LogP contribution in [0.1, 0.15) is 19.5 Å². The summed E-state index contributed by atoms with van der Waals surface area (Å²) >= 11 is 3.24. The Morgan fingerprint density at radius 1 is 1.33 bits per heavy atom. The summed E-state index contributed by atoms with van der Waals surface area (Å²) in [6, 6.07) is 0. The summed E-state index contributed by atoms with van der Waals surface area (Å²) in [6.45, 7) is 4.24.